The molecule has 110 valence electrons. The minimum absolute atomic E-state index is 0.0440. The lowest BCUT2D eigenvalue weighted by Gasteiger charge is -2.21. The molecule has 0 fully saturated rings. The zero-order chi connectivity index (χ0) is 14.6. The molecule has 0 aliphatic carbocycles. The van der Waals surface area contributed by atoms with Crippen molar-refractivity contribution in [2.75, 3.05) is 25.1 Å². The molecule has 0 aromatic heterocycles. The third-order valence-electron chi connectivity index (χ3n) is 2.74. The lowest BCUT2D eigenvalue weighted by Crippen LogP contribution is -2.41. The van der Waals surface area contributed by atoms with Gasteiger partial charge in [-0.05, 0) is 32.9 Å². The van der Waals surface area contributed by atoms with Crippen molar-refractivity contribution in [1.29, 1.82) is 0 Å². The van der Waals surface area contributed by atoms with Gasteiger partial charge in [0.15, 0.2) is 11.5 Å². The number of anilines is 1. The molecule has 5 nitrogen and oxygen atoms in total. The Kier molecular flexibility index (Phi) is 4.37. The molecule has 5 heteroatoms. The van der Waals surface area contributed by atoms with Gasteiger partial charge in [0, 0.05) is 30.3 Å². The van der Waals surface area contributed by atoms with E-state index < -0.39 is 0 Å². The van der Waals surface area contributed by atoms with Gasteiger partial charge in [-0.2, -0.15) is 0 Å². The van der Waals surface area contributed by atoms with Crippen LogP contribution in [0.1, 0.15) is 27.2 Å². The van der Waals surface area contributed by atoms with E-state index in [4.69, 9.17) is 9.47 Å². The van der Waals surface area contributed by atoms with Gasteiger partial charge in [-0.15, -0.1) is 0 Å². The molecule has 2 rings (SSSR count). The van der Waals surface area contributed by atoms with E-state index in [9.17, 15) is 4.79 Å². The van der Waals surface area contributed by atoms with Crippen LogP contribution >= 0.6 is 0 Å². The van der Waals surface area contributed by atoms with Gasteiger partial charge in [-0.25, -0.2) is 0 Å². The second kappa shape index (κ2) is 6.03. The van der Waals surface area contributed by atoms with E-state index in [1.54, 1.807) is 0 Å². The van der Waals surface area contributed by atoms with Gasteiger partial charge in [-0.1, -0.05) is 0 Å². The molecule has 20 heavy (non-hydrogen) atoms. The first-order valence-corrected chi connectivity index (χ1v) is 6.88. The first-order chi connectivity index (χ1) is 9.44. The van der Waals surface area contributed by atoms with Crippen LogP contribution in [0.5, 0.6) is 11.5 Å². The number of hydrogen-bond acceptors (Lipinski definition) is 4. The van der Waals surface area contributed by atoms with E-state index in [0.717, 1.165) is 17.2 Å². The fourth-order valence-electron chi connectivity index (χ4n) is 1.95. The minimum atomic E-state index is -0.186. The van der Waals surface area contributed by atoms with Gasteiger partial charge in [0.25, 0.3) is 0 Å². The molecular formula is C15H22N2O3. The van der Waals surface area contributed by atoms with Crippen molar-refractivity contribution in [3.8, 4) is 11.5 Å². The zero-order valence-corrected chi connectivity index (χ0v) is 12.3. The fraction of sp³-hybridized carbons (Fsp3) is 0.533. The molecule has 0 saturated carbocycles. The average molecular weight is 278 g/mol. The Bertz CT molecular complexity index is 480. The standard InChI is InChI=1S/C15H22N2O3/c1-15(2,3)17-14(18)6-7-16-11-4-5-12-13(10-11)20-9-8-19-12/h4-5,10,16H,6-9H2,1-3H3,(H,17,18). The summed E-state index contributed by atoms with van der Waals surface area (Å²) >= 11 is 0. The molecule has 1 heterocycles. The fourth-order valence-corrected chi connectivity index (χ4v) is 1.95. The van der Waals surface area contributed by atoms with Gasteiger partial charge < -0.3 is 20.1 Å². The molecule has 1 aliphatic rings. The highest BCUT2D eigenvalue weighted by Gasteiger charge is 2.14. The Morgan fingerprint density at radius 3 is 2.60 bits per heavy atom. The highest BCUT2D eigenvalue weighted by atomic mass is 16.6. The number of ether oxygens (including phenoxy) is 2. The van der Waals surface area contributed by atoms with Crippen molar-refractivity contribution in [3.63, 3.8) is 0 Å². The summed E-state index contributed by atoms with van der Waals surface area (Å²) in [6, 6.07) is 5.71. The number of carbonyl (C=O) groups excluding carboxylic acids is 1. The lowest BCUT2D eigenvalue weighted by molar-refractivity contribution is -0.122. The molecule has 2 N–H and O–H groups in total. The number of hydrogen-bond donors (Lipinski definition) is 2. The van der Waals surface area contributed by atoms with E-state index in [1.165, 1.54) is 0 Å². The van der Waals surface area contributed by atoms with Crippen molar-refractivity contribution >= 4 is 11.6 Å². The van der Waals surface area contributed by atoms with E-state index in [0.29, 0.717) is 26.2 Å². The molecule has 0 saturated heterocycles. The van der Waals surface area contributed by atoms with Crippen LogP contribution in [0.3, 0.4) is 0 Å². The minimum Gasteiger partial charge on any atom is -0.486 e. The molecule has 0 spiro atoms. The molecule has 0 unspecified atom stereocenters. The largest absolute Gasteiger partial charge is 0.486 e. The second-order valence-electron chi connectivity index (χ2n) is 5.83. The van der Waals surface area contributed by atoms with Gasteiger partial charge in [0.1, 0.15) is 13.2 Å². The van der Waals surface area contributed by atoms with Gasteiger partial charge >= 0.3 is 0 Å². The predicted molar refractivity (Wildman–Crippen MR) is 78.4 cm³/mol. The maximum absolute atomic E-state index is 11.7. The first kappa shape index (κ1) is 14.5. The summed E-state index contributed by atoms with van der Waals surface area (Å²) in [7, 11) is 0. The zero-order valence-electron chi connectivity index (χ0n) is 12.3. The van der Waals surface area contributed by atoms with Crippen LogP contribution < -0.4 is 20.1 Å². The van der Waals surface area contributed by atoms with E-state index in [-0.39, 0.29) is 11.4 Å². The molecule has 1 aromatic rings. The van der Waals surface area contributed by atoms with E-state index in [2.05, 4.69) is 10.6 Å². The maximum Gasteiger partial charge on any atom is 0.222 e. The quantitative estimate of drug-likeness (QED) is 0.886. The molecule has 1 amide bonds. The topological polar surface area (TPSA) is 59.6 Å². The average Bonchev–Trinajstić information content (AvgIpc) is 2.36. The summed E-state index contributed by atoms with van der Waals surface area (Å²) in [5, 5.41) is 6.15. The van der Waals surface area contributed by atoms with Crippen LogP contribution in [-0.2, 0) is 4.79 Å². The number of amides is 1. The molecule has 0 bridgehead atoms. The molecule has 0 atom stereocenters. The highest BCUT2D eigenvalue weighted by Crippen LogP contribution is 2.32. The summed E-state index contributed by atoms with van der Waals surface area (Å²) in [4.78, 5) is 11.7. The lowest BCUT2D eigenvalue weighted by atomic mass is 10.1. The van der Waals surface area contributed by atoms with E-state index >= 15 is 0 Å². The Balaban J connectivity index is 1.81. The first-order valence-electron chi connectivity index (χ1n) is 6.88. The highest BCUT2D eigenvalue weighted by molar-refractivity contribution is 5.77. The Labute approximate surface area is 119 Å². The Hall–Kier alpha value is -1.91. The van der Waals surface area contributed by atoms with Crippen LogP contribution in [0.15, 0.2) is 18.2 Å². The van der Waals surface area contributed by atoms with Crippen molar-refractivity contribution in [1.82, 2.24) is 5.32 Å². The van der Waals surface area contributed by atoms with Crippen LogP contribution in [0, 0.1) is 0 Å². The summed E-state index contributed by atoms with van der Waals surface area (Å²) in [5.41, 5.74) is 0.742. The van der Waals surface area contributed by atoms with Crippen LogP contribution in [0.2, 0.25) is 0 Å². The van der Waals surface area contributed by atoms with Gasteiger partial charge in [-0.3, -0.25) is 4.79 Å². The van der Waals surface area contributed by atoms with Gasteiger partial charge in [0.05, 0.1) is 0 Å². The Morgan fingerprint density at radius 1 is 1.20 bits per heavy atom. The smallest absolute Gasteiger partial charge is 0.222 e. The summed E-state index contributed by atoms with van der Waals surface area (Å²) in [5.74, 6) is 1.57. The van der Waals surface area contributed by atoms with Crippen LogP contribution in [-0.4, -0.2) is 31.2 Å². The van der Waals surface area contributed by atoms with Crippen LogP contribution in [0.4, 0.5) is 5.69 Å². The number of carbonyl (C=O) groups is 1. The van der Waals surface area contributed by atoms with Crippen molar-refractivity contribution in [2.45, 2.75) is 32.7 Å². The number of benzene rings is 1. The Morgan fingerprint density at radius 2 is 1.90 bits per heavy atom. The molecule has 0 radical (unpaired) electrons. The van der Waals surface area contributed by atoms with E-state index in [1.807, 2.05) is 39.0 Å². The van der Waals surface area contributed by atoms with Crippen molar-refractivity contribution < 1.29 is 14.3 Å². The molecular weight excluding hydrogens is 256 g/mol. The third-order valence-corrected chi connectivity index (χ3v) is 2.74. The van der Waals surface area contributed by atoms with Crippen molar-refractivity contribution in [3.05, 3.63) is 18.2 Å². The third kappa shape index (κ3) is 4.33. The summed E-state index contributed by atoms with van der Waals surface area (Å²) in [6.07, 6.45) is 0.436. The monoisotopic (exact) mass is 278 g/mol. The maximum atomic E-state index is 11.7. The summed E-state index contributed by atoms with van der Waals surface area (Å²) < 4.78 is 11.0. The predicted octanol–water partition coefficient (Wildman–Crippen LogP) is 2.17. The van der Waals surface area contributed by atoms with Gasteiger partial charge in [0.2, 0.25) is 5.91 Å². The molecule has 1 aromatic carbocycles. The summed E-state index contributed by atoms with van der Waals surface area (Å²) in [6.45, 7) is 7.66. The molecule has 1 aliphatic heterocycles. The van der Waals surface area contributed by atoms with Crippen molar-refractivity contribution in [2.24, 2.45) is 0 Å². The number of rotatable bonds is 4. The number of fused-ring (bicyclic) bond motifs is 1. The second-order valence-corrected chi connectivity index (χ2v) is 5.83. The SMILES string of the molecule is CC(C)(C)NC(=O)CCNc1ccc2c(c1)OCCO2. The van der Waals surface area contributed by atoms with Crippen LogP contribution in [0.25, 0.3) is 0 Å². The normalized spacial score (nSPS) is 13.8. The number of nitrogens with one attached hydrogen (secondary N) is 2.